The van der Waals surface area contributed by atoms with Crippen LogP contribution in [0.25, 0.3) is 0 Å². The third-order valence-corrected chi connectivity index (χ3v) is 4.82. The highest BCUT2D eigenvalue weighted by atomic mass is 27.2. The van der Waals surface area contributed by atoms with Crippen LogP contribution in [0.15, 0.2) is 23.3 Å². The first kappa shape index (κ1) is 13.8. The number of nitrogens with zero attached hydrogens (tertiary/aromatic N) is 3. The van der Waals surface area contributed by atoms with Crippen molar-refractivity contribution in [3.63, 3.8) is 0 Å². The summed E-state index contributed by atoms with van der Waals surface area (Å²) in [5, 5.41) is 0. The van der Waals surface area contributed by atoms with E-state index in [1.807, 2.05) is 6.21 Å². The second kappa shape index (κ2) is 7.11. The summed E-state index contributed by atoms with van der Waals surface area (Å²) in [4.78, 5) is 6.96. The molecule has 1 aliphatic rings. The lowest BCUT2D eigenvalue weighted by Crippen LogP contribution is -2.37. The molecule has 4 nitrogen and oxygen atoms in total. The lowest BCUT2D eigenvalue weighted by atomic mass is 10.4. The van der Waals surface area contributed by atoms with Gasteiger partial charge >= 0.3 is 14.4 Å². The molecule has 0 aromatic carbocycles. The first-order valence-corrected chi connectivity index (χ1v) is 9.56. The molecule has 0 radical (unpaired) electrons. The van der Waals surface area contributed by atoms with Gasteiger partial charge in [0.05, 0.1) is 19.8 Å². The van der Waals surface area contributed by atoms with Crippen molar-refractivity contribution in [1.82, 2.24) is 8.45 Å². The SMILES string of the molecule is [CH3][Al]([CH3])[n]1cccc1C=NCCN1CCOCC1. The molecule has 0 aliphatic carbocycles. The first-order valence-electron chi connectivity index (χ1n) is 6.74. The minimum Gasteiger partial charge on any atom is -0.439 e. The fraction of sp³-hybridized carbons (Fsp3) is 0.615. The number of hydrogen-bond acceptors (Lipinski definition) is 3. The summed E-state index contributed by atoms with van der Waals surface area (Å²) in [7, 11) is 0. The van der Waals surface area contributed by atoms with Crippen molar-refractivity contribution in [2.75, 3.05) is 39.4 Å². The standard InChI is InChI=1S/C11H16N3O.2CH3.Al/c1-2-11(13-3-1)10-12-4-5-14-6-8-15-9-7-14;;;/h1-3,10H,4-9H2;2*1H3;/q-1;;;+1. The topological polar surface area (TPSA) is 29.8 Å². The van der Waals surface area contributed by atoms with Gasteiger partial charge in [-0.3, -0.25) is 9.89 Å². The fourth-order valence-corrected chi connectivity index (χ4v) is 3.36. The van der Waals surface area contributed by atoms with Crippen LogP contribution in [0.4, 0.5) is 0 Å². The van der Waals surface area contributed by atoms with Crippen LogP contribution in [0.3, 0.4) is 0 Å². The Morgan fingerprint density at radius 3 is 2.89 bits per heavy atom. The van der Waals surface area contributed by atoms with Gasteiger partial charge in [-0.2, -0.15) is 0 Å². The van der Waals surface area contributed by atoms with Crippen molar-refractivity contribution in [3.8, 4) is 0 Å². The van der Waals surface area contributed by atoms with Gasteiger partial charge in [0.2, 0.25) is 0 Å². The van der Waals surface area contributed by atoms with Crippen molar-refractivity contribution >= 4 is 20.6 Å². The molecule has 2 heterocycles. The summed E-state index contributed by atoms with van der Waals surface area (Å²) in [6.45, 7) is 5.75. The largest absolute Gasteiger partial charge is 0.439 e. The number of aromatic nitrogens is 1. The average Bonchev–Trinajstić information content (AvgIpc) is 2.84. The van der Waals surface area contributed by atoms with Crippen LogP contribution in [0.1, 0.15) is 5.69 Å². The van der Waals surface area contributed by atoms with Crippen molar-refractivity contribution in [3.05, 3.63) is 24.0 Å². The molecular formula is C13H22AlN3O. The molecule has 98 valence electrons. The Morgan fingerprint density at radius 1 is 1.39 bits per heavy atom. The van der Waals surface area contributed by atoms with Crippen LogP contribution in [0, 0.1) is 0 Å². The van der Waals surface area contributed by atoms with Gasteiger partial charge in [-0.05, 0) is 18.3 Å². The molecule has 0 saturated carbocycles. The zero-order chi connectivity index (χ0) is 12.8. The van der Waals surface area contributed by atoms with Gasteiger partial charge in [0, 0.05) is 31.5 Å². The highest BCUT2D eigenvalue weighted by molar-refractivity contribution is 6.54. The molecule has 1 aromatic heterocycles. The van der Waals surface area contributed by atoms with Gasteiger partial charge in [-0.25, -0.2) is 0 Å². The summed E-state index contributed by atoms with van der Waals surface area (Å²) in [5.41, 5.74) is 1.25. The van der Waals surface area contributed by atoms with Crippen LogP contribution in [0.5, 0.6) is 0 Å². The van der Waals surface area contributed by atoms with Crippen molar-refractivity contribution in [1.29, 1.82) is 0 Å². The van der Waals surface area contributed by atoms with Crippen molar-refractivity contribution in [2.24, 2.45) is 4.99 Å². The molecule has 5 heteroatoms. The predicted octanol–water partition coefficient (Wildman–Crippen LogP) is 1.34. The number of ether oxygens (including phenoxy) is 1. The molecule has 0 spiro atoms. The predicted molar refractivity (Wildman–Crippen MR) is 77.0 cm³/mol. The van der Waals surface area contributed by atoms with Crippen LogP contribution in [-0.4, -0.2) is 68.4 Å². The fourth-order valence-electron chi connectivity index (χ4n) is 2.17. The highest BCUT2D eigenvalue weighted by Gasteiger charge is 2.09. The summed E-state index contributed by atoms with van der Waals surface area (Å²) >= 11 is -0.800. The molecule has 0 N–H and O–H groups in total. The van der Waals surface area contributed by atoms with Crippen molar-refractivity contribution in [2.45, 2.75) is 11.6 Å². The zero-order valence-electron chi connectivity index (χ0n) is 11.4. The van der Waals surface area contributed by atoms with Gasteiger partial charge in [-0.15, -0.1) is 0 Å². The maximum atomic E-state index is 5.33. The van der Waals surface area contributed by atoms with Gasteiger partial charge < -0.3 is 8.29 Å². The second-order valence-corrected chi connectivity index (χ2v) is 7.67. The van der Waals surface area contributed by atoms with Crippen LogP contribution >= 0.6 is 0 Å². The zero-order valence-corrected chi connectivity index (χ0v) is 12.5. The Morgan fingerprint density at radius 2 is 2.17 bits per heavy atom. The summed E-state index contributed by atoms with van der Waals surface area (Å²) in [5.74, 6) is 4.65. The molecule has 1 aromatic rings. The van der Waals surface area contributed by atoms with E-state index in [1.165, 1.54) is 5.69 Å². The lowest BCUT2D eigenvalue weighted by Gasteiger charge is -2.25. The smallest absolute Gasteiger partial charge is 0.412 e. The Bertz CT molecular complexity index is 383. The van der Waals surface area contributed by atoms with Crippen LogP contribution in [0.2, 0.25) is 11.6 Å². The molecule has 18 heavy (non-hydrogen) atoms. The van der Waals surface area contributed by atoms with E-state index in [2.05, 4.69) is 43.3 Å². The second-order valence-electron chi connectivity index (χ2n) is 4.92. The Hall–Kier alpha value is -0.598. The third-order valence-electron chi connectivity index (χ3n) is 3.24. The summed E-state index contributed by atoms with van der Waals surface area (Å²) in [6.07, 6.45) is 4.19. The molecule has 1 saturated heterocycles. The van der Waals surface area contributed by atoms with E-state index < -0.39 is 14.4 Å². The Kier molecular flexibility index (Phi) is 5.46. The molecule has 0 atom stereocenters. The van der Waals surface area contributed by atoms with E-state index >= 15 is 0 Å². The Balaban J connectivity index is 1.78. The maximum absolute atomic E-state index is 5.33. The van der Waals surface area contributed by atoms with Gasteiger partial charge in [0.15, 0.2) is 0 Å². The number of morpholine rings is 1. The minimum atomic E-state index is -0.800. The molecule has 1 fully saturated rings. The first-order chi connectivity index (χ1) is 8.77. The molecule has 0 amide bonds. The molecule has 0 bridgehead atoms. The van der Waals surface area contributed by atoms with Gasteiger partial charge in [0.25, 0.3) is 0 Å². The van der Waals surface area contributed by atoms with E-state index in [0.717, 1.165) is 39.4 Å². The van der Waals surface area contributed by atoms with E-state index in [4.69, 9.17) is 4.74 Å². The molecule has 2 rings (SSSR count). The average molecular weight is 263 g/mol. The van der Waals surface area contributed by atoms with E-state index in [1.54, 1.807) is 0 Å². The monoisotopic (exact) mass is 263 g/mol. The lowest BCUT2D eigenvalue weighted by molar-refractivity contribution is 0.0395. The summed E-state index contributed by atoms with van der Waals surface area (Å²) < 4.78 is 7.70. The van der Waals surface area contributed by atoms with Gasteiger partial charge in [0.1, 0.15) is 0 Å². The van der Waals surface area contributed by atoms with Crippen molar-refractivity contribution < 1.29 is 4.74 Å². The minimum absolute atomic E-state index is 0.800. The summed E-state index contributed by atoms with van der Waals surface area (Å²) in [6, 6.07) is 4.25. The van der Waals surface area contributed by atoms with Crippen LogP contribution in [-0.2, 0) is 4.74 Å². The third kappa shape index (κ3) is 3.96. The van der Waals surface area contributed by atoms with E-state index in [9.17, 15) is 0 Å². The molecular weight excluding hydrogens is 241 g/mol. The normalized spacial score (nSPS) is 17.4. The van der Waals surface area contributed by atoms with Gasteiger partial charge in [-0.1, -0.05) is 11.6 Å². The quantitative estimate of drug-likeness (QED) is 0.592. The Labute approximate surface area is 114 Å². The molecule has 0 unspecified atom stereocenters. The van der Waals surface area contributed by atoms with E-state index in [0.29, 0.717) is 0 Å². The van der Waals surface area contributed by atoms with E-state index in [-0.39, 0.29) is 0 Å². The maximum Gasteiger partial charge on any atom is 0.412 e. The highest BCUT2D eigenvalue weighted by Crippen LogP contribution is 2.01. The molecule has 1 aliphatic heterocycles. The van der Waals surface area contributed by atoms with Crippen LogP contribution < -0.4 is 0 Å². The number of aliphatic imine (C=N–C) groups is 1. The number of hydrogen-bond donors (Lipinski definition) is 0. The number of rotatable bonds is 5.